The molecule has 2 fully saturated rings. The van der Waals surface area contributed by atoms with Gasteiger partial charge in [0.25, 0.3) is 0 Å². The lowest BCUT2D eigenvalue weighted by Crippen LogP contribution is -2.51. The fourth-order valence-corrected chi connectivity index (χ4v) is 3.03. The summed E-state index contributed by atoms with van der Waals surface area (Å²) in [6.07, 6.45) is 5.80. The van der Waals surface area contributed by atoms with E-state index < -0.39 is 5.41 Å². The van der Waals surface area contributed by atoms with Gasteiger partial charge in [0.05, 0.1) is 0 Å². The monoisotopic (exact) mass is 266 g/mol. The molecule has 2 rings (SSSR count). The second-order valence-corrected chi connectivity index (χ2v) is 6.27. The number of piperidine rings is 1. The maximum atomic E-state index is 12.7. The fourth-order valence-electron chi connectivity index (χ4n) is 3.03. The number of rotatable bonds is 4. The predicted octanol–water partition coefficient (Wildman–Crippen LogP) is 2.08. The van der Waals surface area contributed by atoms with Crippen LogP contribution < -0.4 is 5.32 Å². The van der Waals surface area contributed by atoms with Gasteiger partial charge in [-0.1, -0.05) is 6.92 Å². The van der Waals surface area contributed by atoms with Gasteiger partial charge in [-0.15, -0.1) is 0 Å². The molecule has 1 atom stereocenters. The van der Waals surface area contributed by atoms with Gasteiger partial charge in [0.2, 0.25) is 11.8 Å². The number of likely N-dealkylation sites (tertiary alicyclic amines) is 1. The molecule has 0 aromatic rings. The molecular weight excluding hydrogens is 240 g/mol. The maximum Gasteiger partial charge on any atom is 0.238 e. The Hall–Kier alpha value is -1.06. The summed E-state index contributed by atoms with van der Waals surface area (Å²) in [6, 6.07) is 0.437. The largest absolute Gasteiger partial charge is 0.353 e. The van der Waals surface area contributed by atoms with Crippen LogP contribution in [0, 0.1) is 5.41 Å². The lowest BCUT2D eigenvalue weighted by atomic mass is 9.95. The second kappa shape index (κ2) is 5.51. The van der Waals surface area contributed by atoms with Crippen molar-refractivity contribution in [1.82, 2.24) is 10.2 Å². The van der Waals surface area contributed by atoms with Crippen molar-refractivity contribution in [2.75, 3.05) is 6.54 Å². The zero-order chi connectivity index (χ0) is 14.0. The third kappa shape index (κ3) is 2.77. The molecule has 1 N–H and O–H groups in total. The average Bonchev–Trinajstić information content (AvgIpc) is 3.18. The topological polar surface area (TPSA) is 49.4 Å². The molecule has 1 saturated heterocycles. The number of carbonyl (C=O) groups is 2. The summed E-state index contributed by atoms with van der Waals surface area (Å²) >= 11 is 0. The highest BCUT2D eigenvalue weighted by Gasteiger charge is 2.58. The first kappa shape index (κ1) is 14.4. The Morgan fingerprint density at radius 2 is 2.00 bits per heavy atom. The van der Waals surface area contributed by atoms with Crippen molar-refractivity contribution < 1.29 is 9.59 Å². The number of carbonyl (C=O) groups excluding carboxylic acids is 2. The Balaban J connectivity index is 2.07. The van der Waals surface area contributed by atoms with Crippen LogP contribution in [0.3, 0.4) is 0 Å². The highest BCUT2D eigenvalue weighted by Crippen LogP contribution is 2.48. The standard InChI is InChI=1S/C15H26N2O2/c1-4-12-7-5-6-10-17(12)14(19)15(8-9-15)13(18)16-11(2)3/h11-12H,4-10H2,1-3H3,(H,16,18). The summed E-state index contributed by atoms with van der Waals surface area (Å²) in [7, 11) is 0. The molecule has 1 unspecified atom stereocenters. The van der Waals surface area contributed by atoms with E-state index >= 15 is 0 Å². The average molecular weight is 266 g/mol. The first-order valence-corrected chi connectivity index (χ1v) is 7.63. The molecule has 108 valence electrons. The van der Waals surface area contributed by atoms with Gasteiger partial charge < -0.3 is 10.2 Å². The molecule has 19 heavy (non-hydrogen) atoms. The highest BCUT2D eigenvalue weighted by molar-refractivity contribution is 6.08. The van der Waals surface area contributed by atoms with Gasteiger partial charge in [0.1, 0.15) is 5.41 Å². The van der Waals surface area contributed by atoms with E-state index in [4.69, 9.17) is 0 Å². The van der Waals surface area contributed by atoms with Crippen molar-refractivity contribution in [3.8, 4) is 0 Å². The van der Waals surface area contributed by atoms with E-state index in [1.165, 1.54) is 6.42 Å². The Morgan fingerprint density at radius 3 is 2.53 bits per heavy atom. The first-order chi connectivity index (χ1) is 9.01. The third-order valence-electron chi connectivity index (χ3n) is 4.37. The number of nitrogens with one attached hydrogen (secondary N) is 1. The lowest BCUT2D eigenvalue weighted by Gasteiger charge is -2.37. The Morgan fingerprint density at radius 1 is 1.32 bits per heavy atom. The molecule has 1 aliphatic heterocycles. The summed E-state index contributed by atoms with van der Waals surface area (Å²) in [4.78, 5) is 27.0. The number of hydrogen-bond acceptors (Lipinski definition) is 2. The fraction of sp³-hybridized carbons (Fsp3) is 0.867. The second-order valence-electron chi connectivity index (χ2n) is 6.27. The van der Waals surface area contributed by atoms with E-state index in [-0.39, 0.29) is 17.9 Å². The molecule has 4 nitrogen and oxygen atoms in total. The molecule has 0 bridgehead atoms. The minimum Gasteiger partial charge on any atom is -0.353 e. The molecule has 0 spiro atoms. The highest BCUT2D eigenvalue weighted by atomic mass is 16.2. The predicted molar refractivity (Wildman–Crippen MR) is 74.6 cm³/mol. The zero-order valence-corrected chi connectivity index (χ0v) is 12.4. The Labute approximate surface area is 115 Å². The first-order valence-electron chi connectivity index (χ1n) is 7.63. The van der Waals surface area contributed by atoms with Crippen LogP contribution in [0.15, 0.2) is 0 Å². The van der Waals surface area contributed by atoms with Crippen molar-refractivity contribution >= 4 is 11.8 Å². The molecule has 1 heterocycles. The molecule has 1 saturated carbocycles. The smallest absolute Gasteiger partial charge is 0.238 e. The van der Waals surface area contributed by atoms with Crippen LogP contribution in [0.25, 0.3) is 0 Å². The van der Waals surface area contributed by atoms with Crippen LogP contribution in [-0.4, -0.2) is 35.3 Å². The molecule has 0 aromatic carbocycles. The van der Waals surface area contributed by atoms with Crippen molar-refractivity contribution in [3.63, 3.8) is 0 Å². The number of hydrogen-bond donors (Lipinski definition) is 1. The van der Waals surface area contributed by atoms with Crippen molar-refractivity contribution in [1.29, 1.82) is 0 Å². The van der Waals surface area contributed by atoms with Crippen LogP contribution >= 0.6 is 0 Å². The van der Waals surface area contributed by atoms with Crippen LogP contribution in [-0.2, 0) is 9.59 Å². The Kier molecular flexibility index (Phi) is 4.16. The minimum absolute atomic E-state index is 0.0621. The van der Waals surface area contributed by atoms with Crippen LogP contribution in [0.4, 0.5) is 0 Å². The van der Waals surface area contributed by atoms with Gasteiger partial charge in [-0.05, 0) is 52.4 Å². The molecular formula is C15H26N2O2. The maximum absolute atomic E-state index is 12.7. The summed E-state index contributed by atoms with van der Waals surface area (Å²) in [5.74, 6) is 0.0186. The van der Waals surface area contributed by atoms with Crippen molar-refractivity contribution in [2.45, 2.75) is 71.4 Å². The van der Waals surface area contributed by atoms with Crippen molar-refractivity contribution in [3.05, 3.63) is 0 Å². The van der Waals surface area contributed by atoms with E-state index in [1.807, 2.05) is 18.7 Å². The van der Waals surface area contributed by atoms with Gasteiger partial charge in [-0.25, -0.2) is 0 Å². The zero-order valence-electron chi connectivity index (χ0n) is 12.4. The van der Waals surface area contributed by atoms with Crippen LogP contribution in [0.5, 0.6) is 0 Å². The summed E-state index contributed by atoms with van der Waals surface area (Å²) in [5, 5.41) is 2.91. The number of nitrogens with zero attached hydrogens (tertiary/aromatic N) is 1. The minimum atomic E-state index is -0.727. The molecule has 2 aliphatic rings. The molecule has 0 radical (unpaired) electrons. The normalized spacial score (nSPS) is 25.3. The summed E-state index contributed by atoms with van der Waals surface area (Å²) in [6.45, 7) is 6.83. The van der Waals surface area contributed by atoms with Gasteiger partial charge >= 0.3 is 0 Å². The third-order valence-corrected chi connectivity index (χ3v) is 4.37. The van der Waals surface area contributed by atoms with Gasteiger partial charge in [-0.3, -0.25) is 9.59 Å². The molecule has 4 heteroatoms. The lowest BCUT2D eigenvalue weighted by molar-refractivity contribution is -0.147. The van der Waals surface area contributed by atoms with Crippen molar-refractivity contribution in [2.24, 2.45) is 5.41 Å². The SMILES string of the molecule is CCC1CCCCN1C(=O)C1(C(=O)NC(C)C)CC1. The van der Waals surface area contributed by atoms with E-state index in [2.05, 4.69) is 12.2 Å². The van der Waals surface area contributed by atoms with Gasteiger partial charge in [-0.2, -0.15) is 0 Å². The quantitative estimate of drug-likeness (QED) is 0.792. The Bertz CT molecular complexity index is 361. The number of amides is 2. The van der Waals surface area contributed by atoms with E-state index in [9.17, 15) is 9.59 Å². The summed E-state index contributed by atoms with van der Waals surface area (Å²) in [5.41, 5.74) is -0.727. The molecule has 2 amide bonds. The van der Waals surface area contributed by atoms with E-state index in [0.29, 0.717) is 6.04 Å². The van der Waals surface area contributed by atoms with E-state index in [0.717, 1.165) is 38.6 Å². The van der Waals surface area contributed by atoms with E-state index in [1.54, 1.807) is 0 Å². The van der Waals surface area contributed by atoms with Gasteiger partial charge in [0.15, 0.2) is 0 Å². The van der Waals surface area contributed by atoms with Gasteiger partial charge in [0, 0.05) is 18.6 Å². The summed E-state index contributed by atoms with van der Waals surface area (Å²) < 4.78 is 0. The van der Waals surface area contributed by atoms with Crippen LogP contribution in [0.2, 0.25) is 0 Å². The van der Waals surface area contributed by atoms with Crippen LogP contribution in [0.1, 0.15) is 59.3 Å². The molecule has 0 aromatic heterocycles. The molecule has 1 aliphatic carbocycles.